The maximum atomic E-state index is 12.1. The van der Waals surface area contributed by atoms with Gasteiger partial charge in [0, 0.05) is 25.3 Å². The van der Waals surface area contributed by atoms with Gasteiger partial charge in [0.1, 0.15) is 0 Å². The maximum absolute atomic E-state index is 12.1. The van der Waals surface area contributed by atoms with Gasteiger partial charge in [0.25, 0.3) is 0 Å². The number of hydrogen-bond donors (Lipinski definition) is 1. The average Bonchev–Trinajstić information content (AvgIpc) is 2.35. The monoisotopic (exact) mass is 259 g/mol. The first kappa shape index (κ1) is 14.4. The standard InChI is InChI=1S/C12H21NO3S/c1-13(6-7-17-2)11(14)9-4-3-5-10(8-9)12(15)16/h9-10H,3-8H2,1-2H3,(H,15,16). The number of rotatable bonds is 5. The molecule has 1 aliphatic carbocycles. The molecular formula is C12H21NO3S. The summed E-state index contributed by atoms with van der Waals surface area (Å²) in [5.74, 6) is -0.125. The van der Waals surface area contributed by atoms with Crippen LogP contribution in [0.4, 0.5) is 0 Å². The first-order chi connectivity index (χ1) is 8.06. The number of aliphatic carboxylic acids is 1. The minimum absolute atomic E-state index is 0.0864. The summed E-state index contributed by atoms with van der Waals surface area (Å²) < 4.78 is 0. The van der Waals surface area contributed by atoms with Crippen molar-refractivity contribution >= 4 is 23.6 Å². The molecule has 17 heavy (non-hydrogen) atoms. The van der Waals surface area contributed by atoms with Crippen LogP contribution in [0.1, 0.15) is 25.7 Å². The molecule has 1 fully saturated rings. The molecule has 0 radical (unpaired) electrons. The molecule has 4 nitrogen and oxygen atoms in total. The Morgan fingerprint density at radius 1 is 1.35 bits per heavy atom. The van der Waals surface area contributed by atoms with E-state index in [0.717, 1.165) is 25.1 Å². The number of carbonyl (C=O) groups is 2. The lowest BCUT2D eigenvalue weighted by atomic mass is 9.81. The average molecular weight is 259 g/mol. The number of thioether (sulfide) groups is 1. The van der Waals surface area contributed by atoms with Crippen LogP contribution in [0.2, 0.25) is 0 Å². The largest absolute Gasteiger partial charge is 0.481 e. The Balaban J connectivity index is 2.48. The predicted molar refractivity (Wildman–Crippen MR) is 69.1 cm³/mol. The molecular weight excluding hydrogens is 238 g/mol. The first-order valence-electron chi connectivity index (χ1n) is 6.03. The van der Waals surface area contributed by atoms with E-state index in [4.69, 9.17) is 5.11 Å². The van der Waals surface area contributed by atoms with Crippen LogP contribution in [0.25, 0.3) is 0 Å². The van der Waals surface area contributed by atoms with Crippen molar-refractivity contribution in [3.8, 4) is 0 Å². The van der Waals surface area contributed by atoms with Crippen LogP contribution in [0.5, 0.6) is 0 Å². The summed E-state index contributed by atoms with van der Waals surface area (Å²) >= 11 is 1.71. The fourth-order valence-corrected chi connectivity index (χ4v) is 2.74. The van der Waals surface area contributed by atoms with Crippen molar-refractivity contribution < 1.29 is 14.7 Å². The highest BCUT2D eigenvalue weighted by Gasteiger charge is 2.32. The fourth-order valence-electron chi connectivity index (χ4n) is 2.29. The summed E-state index contributed by atoms with van der Waals surface area (Å²) in [5, 5.41) is 8.99. The van der Waals surface area contributed by atoms with Crippen LogP contribution in [0.3, 0.4) is 0 Å². The van der Waals surface area contributed by atoms with Gasteiger partial charge in [-0.25, -0.2) is 0 Å². The highest BCUT2D eigenvalue weighted by atomic mass is 32.2. The second-order valence-electron chi connectivity index (χ2n) is 4.65. The molecule has 1 amide bonds. The van der Waals surface area contributed by atoms with E-state index in [9.17, 15) is 9.59 Å². The molecule has 98 valence electrons. The summed E-state index contributed by atoms with van der Waals surface area (Å²) in [6.45, 7) is 0.744. The van der Waals surface area contributed by atoms with Crippen molar-refractivity contribution in [2.45, 2.75) is 25.7 Å². The molecule has 1 rings (SSSR count). The van der Waals surface area contributed by atoms with Gasteiger partial charge in [-0.1, -0.05) is 6.42 Å². The van der Waals surface area contributed by atoms with Gasteiger partial charge in [-0.2, -0.15) is 11.8 Å². The van der Waals surface area contributed by atoms with Crippen molar-refractivity contribution in [1.29, 1.82) is 0 Å². The van der Waals surface area contributed by atoms with Gasteiger partial charge in [-0.15, -0.1) is 0 Å². The summed E-state index contributed by atoms with van der Waals surface area (Å²) in [4.78, 5) is 24.8. The van der Waals surface area contributed by atoms with E-state index >= 15 is 0 Å². The quantitative estimate of drug-likeness (QED) is 0.816. The van der Waals surface area contributed by atoms with Gasteiger partial charge in [-0.05, 0) is 25.5 Å². The van der Waals surface area contributed by atoms with Crippen LogP contribution >= 0.6 is 11.8 Å². The van der Waals surface area contributed by atoms with Gasteiger partial charge in [0.2, 0.25) is 5.91 Å². The first-order valence-corrected chi connectivity index (χ1v) is 7.42. The minimum Gasteiger partial charge on any atom is -0.481 e. The Bertz CT molecular complexity index is 283. The second kappa shape index (κ2) is 6.89. The van der Waals surface area contributed by atoms with Crippen LogP contribution in [-0.4, -0.2) is 47.5 Å². The second-order valence-corrected chi connectivity index (χ2v) is 5.64. The van der Waals surface area contributed by atoms with Crippen molar-refractivity contribution in [2.75, 3.05) is 25.6 Å². The highest BCUT2D eigenvalue weighted by Crippen LogP contribution is 2.30. The maximum Gasteiger partial charge on any atom is 0.306 e. The molecule has 0 aromatic heterocycles. The molecule has 1 saturated carbocycles. The van der Waals surface area contributed by atoms with Crippen molar-refractivity contribution in [2.24, 2.45) is 11.8 Å². The molecule has 0 spiro atoms. The molecule has 5 heteroatoms. The van der Waals surface area contributed by atoms with E-state index in [2.05, 4.69) is 0 Å². The van der Waals surface area contributed by atoms with E-state index in [-0.39, 0.29) is 17.7 Å². The van der Waals surface area contributed by atoms with Gasteiger partial charge < -0.3 is 10.0 Å². The molecule has 2 atom stereocenters. The van der Waals surface area contributed by atoms with Crippen molar-refractivity contribution in [3.63, 3.8) is 0 Å². The number of carbonyl (C=O) groups excluding carboxylic acids is 1. The zero-order valence-electron chi connectivity index (χ0n) is 10.5. The molecule has 0 aromatic rings. The topological polar surface area (TPSA) is 57.6 Å². The van der Waals surface area contributed by atoms with E-state index < -0.39 is 5.97 Å². The lowest BCUT2D eigenvalue weighted by Crippen LogP contribution is -2.37. The smallest absolute Gasteiger partial charge is 0.306 e. The summed E-state index contributed by atoms with van der Waals surface area (Å²) in [6, 6.07) is 0. The zero-order chi connectivity index (χ0) is 12.8. The van der Waals surface area contributed by atoms with Crippen LogP contribution in [-0.2, 0) is 9.59 Å². The number of hydrogen-bond acceptors (Lipinski definition) is 3. The molecule has 0 aromatic carbocycles. The Morgan fingerprint density at radius 2 is 2.00 bits per heavy atom. The molecule has 0 heterocycles. The van der Waals surface area contributed by atoms with Gasteiger partial charge >= 0.3 is 5.97 Å². The van der Waals surface area contributed by atoms with Crippen LogP contribution < -0.4 is 0 Å². The van der Waals surface area contributed by atoms with Gasteiger partial charge in [0.05, 0.1) is 5.92 Å². The lowest BCUT2D eigenvalue weighted by molar-refractivity contribution is -0.145. The van der Waals surface area contributed by atoms with Gasteiger partial charge in [-0.3, -0.25) is 9.59 Å². The summed E-state index contributed by atoms with van der Waals surface area (Å²) in [7, 11) is 1.81. The van der Waals surface area contributed by atoms with Crippen molar-refractivity contribution in [3.05, 3.63) is 0 Å². The fraction of sp³-hybridized carbons (Fsp3) is 0.833. The van der Waals surface area contributed by atoms with Crippen LogP contribution in [0.15, 0.2) is 0 Å². The molecule has 0 saturated heterocycles. The third-order valence-electron chi connectivity index (χ3n) is 3.38. The van der Waals surface area contributed by atoms with E-state index in [1.54, 1.807) is 16.7 Å². The third-order valence-corrected chi connectivity index (χ3v) is 3.97. The SMILES string of the molecule is CSCCN(C)C(=O)C1CCCC(C(=O)O)C1. The van der Waals surface area contributed by atoms with Crippen molar-refractivity contribution in [1.82, 2.24) is 4.90 Å². The van der Waals surface area contributed by atoms with E-state index in [1.165, 1.54) is 0 Å². The molecule has 2 unspecified atom stereocenters. The summed E-state index contributed by atoms with van der Waals surface area (Å²) in [6.07, 6.45) is 4.93. The Morgan fingerprint density at radius 3 is 2.59 bits per heavy atom. The highest BCUT2D eigenvalue weighted by molar-refractivity contribution is 7.98. The number of carboxylic acids is 1. The Hall–Kier alpha value is -0.710. The zero-order valence-corrected chi connectivity index (χ0v) is 11.3. The molecule has 1 aliphatic rings. The molecule has 1 N–H and O–H groups in total. The van der Waals surface area contributed by atoms with Gasteiger partial charge in [0.15, 0.2) is 0 Å². The lowest BCUT2D eigenvalue weighted by Gasteiger charge is -2.29. The van der Waals surface area contributed by atoms with Crippen LogP contribution in [0, 0.1) is 11.8 Å². The number of nitrogens with zero attached hydrogens (tertiary/aromatic N) is 1. The molecule has 0 bridgehead atoms. The molecule has 0 aliphatic heterocycles. The normalized spacial score (nSPS) is 24.4. The minimum atomic E-state index is -0.755. The van der Waals surface area contributed by atoms with E-state index in [1.807, 2.05) is 13.3 Å². The van der Waals surface area contributed by atoms with E-state index in [0.29, 0.717) is 12.8 Å². The Labute approximate surface area is 107 Å². The predicted octanol–water partition coefficient (Wildman–Crippen LogP) is 1.70. The Kier molecular flexibility index (Phi) is 5.82. The number of amides is 1. The summed E-state index contributed by atoms with van der Waals surface area (Å²) in [5.41, 5.74) is 0. The third kappa shape index (κ3) is 4.22. The number of carboxylic acid groups (broad SMARTS) is 1.